The van der Waals surface area contributed by atoms with Gasteiger partial charge < -0.3 is 10.1 Å². The van der Waals surface area contributed by atoms with Gasteiger partial charge in [-0.25, -0.2) is 0 Å². The number of nitrogens with zero attached hydrogens (tertiary/aromatic N) is 5. The maximum Gasteiger partial charge on any atom is 0.179 e. The average molecular weight is 429 g/mol. The number of pyridine rings is 1. The average Bonchev–Trinajstić information content (AvgIpc) is 3.17. The van der Waals surface area contributed by atoms with Crippen LogP contribution in [0.1, 0.15) is 57.6 Å². The second-order valence-electron chi connectivity index (χ2n) is 8.53. The standard InChI is InChI=1S/C25H28N6O/c1-14(2)23(16(5)26)17-11-19-20(12-21(17)32-6)31-22(13-28-19)29-30-25(31)24(15(3)4)18-9-7-8-10-27-18/h7-13,15,24,26H,1-6H3. The molecule has 1 aromatic carbocycles. The molecule has 1 N–H and O–H groups in total. The zero-order valence-electron chi connectivity index (χ0n) is 19.3. The lowest BCUT2D eigenvalue weighted by Gasteiger charge is -2.20. The van der Waals surface area contributed by atoms with Crippen molar-refractivity contribution in [3.63, 3.8) is 0 Å². The van der Waals surface area contributed by atoms with Crippen LogP contribution in [0, 0.1) is 11.3 Å². The van der Waals surface area contributed by atoms with Gasteiger partial charge in [0.15, 0.2) is 5.65 Å². The van der Waals surface area contributed by atoms with Crippen molar-refractivity contribution in [1.29, 1.82) is 5.41 Å². The van der Waals surface area contributed by atoms with Crippen molar-refractivity contribution in [2.45, 2.75) is 40.5 Å². The van der Waals surface area contributed by atoms with Crippen LogP contribution < -0.4 is 4.74 Å². The summed E-state index contributed by atoms with van der Waals surface area (Å²) in [5.74, 6) is 1.74. The third-order valence-corrected chi connectivity index (χ3v) is 5.67. The van der Waals surface area contributed by atoms with E-state index >= 15 is 0 Å². The Hall–Kier alpha value is -3.61. The molecule has 0 spiro atoms. The highest BCUT2D eigenvalue weighted by atomic mass is 16.5. The molecule has 3 aromatic heterocycles. The van der Waals surface area contributed by atoms with Crippen molar-refractivity contribution in [1.82, 2.24) is 24.6 Å². The van der Waals surface area contributed by atoms with Gasteiger partial charge in [-0.05, 0) is 44.9 Å². The second kappa shape index (κ2) is 8.49. The first-order chi connectivity index (χ1) is 15.3. The molecule has 7 heteroatoms. The Bertz CT molecular complexity index is 1330. The van der Waals surface area contributed by atoms with Gasteiger partial charge in [0.2, 0.25) is 0 Å². The zero-order valence-corrected chi connectivity index (χ0v) is 19.3. The maximum atomic E-state index is 8.27. The zero-order chi connectivity index (χ0) is 23.0. The van der Waals surface area contributed by atoms with Crippen LogP contribution in [0.3, 0.4) is 0 Å². The predicted molar refractivity (Wildman–Crippen MR) is 127 cm³/mol. The van der Waals surface area contributed by atoms with E-state index in [-0.39, 0.29) is 11.8 Å². The molecule has 4 rings (SSSR count). The van der Waals surface area contributed by atoms with Gasteiger partial charge >= 0.3 is 0 Å². The highest BCUT2D eigenvalue weighted by Crippen LogP contribution is 2.35. The topological polar surface area (TPSA) is 89.0 Å². The van der Waals surface area contributed by atoms with Gasteiger partial charge in [0.25, 0.3) is 0 Å². The van der Waals surface area contributed by atoms with E-state index in [0.717, 1.165) is 39.3 Å². The molecule has 0 amide bonds. The first-order valence-electron chi connectivity index (χ1n) is 10.7. The smallest absolute Gasteiger partial charge is 0.179 e. The molecule has 0 radical (unpaired) electrons. The molecule has 0 saturated carbocycles. The Morgan fingerprint density at radius 1 is 1.06 bits per heavy atom. The Morgan fingerprint density at radius 3 is 2.44 bits per heavy atom. The second-order valence-corrected chi connectivity index (χ2v) is 8.53. The van der Waals surface area contributed by atoms with Crippen LogP contribution in [-0.4, -0.2) is 37.4 Å². The number of fused-ring (bicyclic) bond motifs is 3. The third-order valence-electron chi connectivity index (χ3n) is 5.67. The number of aromatic nitrogens is 5. The molecule has 0 aliphatic rings. The van der Waals surface area contributed by atoms with Gasteiger partial charge in [-0.1, -0.05) is 25.5 Å². The molecule has 0 fully saturated rings. The Labute approximate surface area is 187 Å². The minimum absolute atomic E-state index is 0.0281. The van der Waals surface area contributed by atoms with Gasteiger partial charge in [-0.3, -0.25) is 14.4 Å². The first-order valence-corrected chi connectivity index (χ1v) is 10.7. The van der Waals surface area contributed by atoms with E-state index in [4.69, 9.17) is 10.1 Å². The highest BCUT2D eigenvalue weighted by molar-refractivity contribution is 6.23. The molecule has 32 heavy (non-hydrogen) atoms. The number of ether oxygens (including phenoxy) is 1. The molecule has 164 valence electrons. The van der Waals surface area contributed by atoms with Gasteiger partial charge in [-0.15, -0.1) is 10.2 Å². The lowest BCUT2D eigenvalue weighted by molar-refractivity contribution is 0.414. The van der Waals surface area contributed by atoms with Crippen LogP contribution in [-0.2, 0) is 0 Å². The molecule has 4 aromatic rings. The van der Waals surface area contributed by atoms with Gasteiger partial charge in [0.05, 0.1) is 36.0 Å². The largest absolute Gasteiger partial charge is 0.496 e. The van der Waals surface area contributed by atoms with Crippen LogP contribution in [0.15, 0.2) is 48.3 Å². The van der Waals surface area contributed by atoms with E-state index < -0.39 is 0 Å². The quantitative estimate of drug-likeness (QED) is 0.421. The molecular weight excluding hydrogens is 400 g/mol. The van der Waals surface area contributed by atoms with Crippen LogP contribution in [0.25, 0.3) is 22.3 Å². The monoisotopic (exact) mass is 428 g/mol. The summed E-state index contributed by atoms with van der Waals surface area (Å²) in [6, 6.07) is 9.90. The van der Waals surface area contributed by atoms with Gasteiger partial charge in [0.1, 0.15) is 11.6 Å². The highest BCUT2D eigenvalue weighted by Gasteiger charge is 2.26. The number of rotatable bonds is 6. The number of hydrogen-bond acceptors (Lipinski definition) is 6. The molecule has 7 nitrogen and oxygen atoms in total. The fourth-order valence-electron chi connectivity index (χ4n) is 4.35. The van der Waals surface area contributed by atoms with E-state index in [1.54, 1.807) is 20.2 Å². The van der Waals surface area contributed by atoms with Crippen molar-refractivity contribution < 1.29 is 4.74 Å². The Kier molecular flexibility index (Phi) is 5.74. The van der Waals surface area contributed by atoms with Crippen LogP contribution in [0.5, 0.6) is 5.75 Å². The van der Waals surface area contributed by atoms with E-state index in [9.17, 15) is 0 Å². The molecule has 0 aliphatic carbocycles. The lowest BCUT2D eigenvalue weighted by atomic mass is 9.91. The Morgan fingerprint density at radius 2 is 1.84 bits per heavy atom. The number of benzene rings is 1. The van der Waals surface area contributed by atoms with E-state index in [1.807, 2.05) is 54.8 Å². The minimum Gasteiger partial charge on any atom is -0.496 e. The van der Waals surface area contributed by atoms with Crippen LogP contribution in [0.4, 0.5) is 0 Å². The molecule has 0 bridgehead atoms. The van der Waals surface area contributed by atoms with Crippen molar-refractivity contribution in [2.75, 3.05) is 7.11 Å². The van der Waals surface area contributed by atoms with Crippen LogP contribution in [0.2, 0.25) is 0 Å². The normalized spacial score (nSPS) is 12.3. The van der Waals surface area contributed by atoms with E-state index in [1.165, 1.54) is 0 Å². The third kappa shape index (κ3) is 3.64. The maximum absolute atomic E-state index is 8.27. The summed E-state index contributed by atoms with van der Waals surface area (Å²) < 4.78 is 7.82. The molecule has 0 aliphatic heterocycles. The van der Waals surface area contributed by atoms with Crippen LogP contribution >= 0.6 is 0 Å². The molecular formula is C25H28N6O. The van der Waals surface area contributed by atoms with Crippen molar-refractivity contribution in [3.05, 3.63) is 65.4 Å². The van der Waals surface area contributed by atoms with E-state index in [0.29, 0.717) is 17.1 Å². The molecule has 1 atom stereocenters. The van der Waals surface area contributed by atoms with Gasteiger partial charge in [-0.2, -0.15) is 0 Å². The van der Waals surface area contributed by atoms with E-state index in [2.05, 4.69) is 34.0 Å². The number of methoxy groups -OCH3 is 1. The summed E-state index contributed by atoms with van der Waals surface area (Å²) in [5.41, 5.74) is 6.55. The molecule has 0 saturated heterocycles. The summed E-state index contributed by atoms with van der Waals surface area (Å²) in [6.45, 7) is 10.1. The SMILES string of the molecule is COc1cc2c(cc1C(C(C)=N)=C(C)C)ncc1nnc(C(c3ccccn3)C(C)C)n12. The van der Waals surface area contributed by atoms with Crippen molar-refractivity contribution in [2.24, 2.45) is 5.92 Å². The molecule has 3 heterocycles. The predicted octanol–water partition coefficient (Wildman–Crippen LogP) is 5.30. The number of hydrogen-bond donors (Lipinski definition) is 1. The number of allylic oxidation sites excluding steroid dienone is 2. The summed E-state index contributed by atoms with van der Waals surface area (Å²) in [5, 5.41) is 17.2. The Balaban J connectivity index is 2.03. The van der Waals surface area contributed by atoms with Crippen molar-refractivity contribution in [3.8, 4) is 5.75 Å². The number of nitrogens with one attached hydrogen (secondary N) is 1. The first kappa shape index (κ1) is 21.6. The van der Waals surface area contributed by atoms with Gasteiger partial charge in [0, 0.05) is 29.1 Å². The summed E-state index contributed by atoms with van der Waals surface area (Å²) >= 11 is 0. The fourth-order valence-corrected chi connectivity index (χ4v) is 4.35. The fraction of sp³-hybridized carbons (Fsp3) is 0.320. The summed E-state index contributed by atoms with van der Waals surface area (Å²) in [7, 11) is 1.65. The minimum atomic E-state index is -0.0281. The summed E-state index contributed by atoms with van der Waals surface area (Å²) in [4.78, 5) is 9.25. The lowest BCUT2D eigenvalue weighted by Crippen LogP contribution is -2.14. The molecule has 1 unspecified atom stereocenters. The van der Waals surface area contributed by atoms with Crippen molar-refractivity contribution >= 4 is 28.0 Å². The summed E-state index contributed by atoms with van der Waals surface area (Å²) in [6.07, 6.45) is 3.55.